The third kappa shape index (κ3) is 4.19. The minimum absolute atomic E-state index is 0.0434. The highest BCUT2D eigenvalue weighted by Gasteiger charge is 2.26. The number of aromatic nitrogens is 4. The van der Waals surface area contributed by atoms with E-state index in [9.17, 15) is 5.11 Å². The van der Waals surface area contributed by atoms with Gasteiger partial charge in [-0.15, -0.1) is 0 Å². The van der Waals surface area contributed by atoms with E-state index in [1.54, 1.807) is 0 Å². The number of anilines is 2. The van der Waals surface area contributed by atoms with Crippen molar-refractivity contribution in [3.8, 4) is 0 Å². The fraction of sp³-hybridized carbons (Fsp3) is 0.571. The van der Waals surface area contributed by atoms with Gasteiger partial charge < -0.3 is 19.9 Å². The highest BCUT2D eigenvalue weighted by molar-refractivity contribution is 5.85. The standard InChI is InChI=1S/C21H32N6O/c1-6-16(12-28)23-20-24-18(17-19(25-20)27(14-22-17)15(2)3)26(5)13-21(4)10-8-7-9-11-21/h7-10,14-16,28H,6,11-13H2,1-5H3,(H,23,24,25)/t16-,21?/m1/s1. The van der Waals surface area contributed by atoms with Gasteiger partial charge in [-0.3, -0.25) is 0 Å². The van der Waals surface area contributed by atoms with Crippen LogP contribution in [0.1, 0.15) is 46.6 Å². The Labute approximate surface area is 167 Å². The molecule has 1 unspecified atom stereocenters. The van der Waals surface area contributed by atoms with Crippen molar-refractivity contribution in [3.05, 3.63) is 30.6 Å². The van der Waals surface area contributed by atoms with Crippen molar-refractivity contribution >= 4 is 22.9 Å². The number of nitrogens with one attached hydrogen (secondary N) is 1. The van der Waals surface area contributed by atoms with Crippen LogP contribution in [0, 0.1) is 5.41 Å². The summed E-state index contributed by atoms with van der Waals surface area (Å²) in [5, 5.41) is 12.8. The van der Waals surface area contributed by atoms with Crippen LogP contribution in [0.2, 0.25) is 0 Å². The first-order valence-electron chi connectivity index (χ1n) is 10.0. The number of aliphatic hydroxyl groups is 1. The maximum atomic E-state index is 9.57. The average molecular weight is 385 g/mol. The van der Waals surface area contributed by atoms with Crippen LogP contribution in [0.4, 0.5) is 11.8 Å². The lowest BCUT2D eigenvalue weighted by atomic mass is 9.83. The number of imidazole rings is 1. The number of rotatable bonds is 8. The molecule has 2 atom stereocenters. The third-order valence-electron chi connectivity index (χ3n) is 5.30. The smallest absolute Gasteiger partial charge is 0.227 e. The first kappa shape index (κ1) is 20.3. The number of nitrogens with zero attached hydrogens (tertiary/aromatic N) is 5. The molecule has 0 spiro atoms. The summed E-state index contributed by atoms with van der Waals surface area (Å²) >= 11 is 0. The molecule has 0 amide bonds. The van der Waals surface area contributed by atoms with Crippen LogP contribution in [0.5, 0.6) is 0 Å². The zero-order valence-electron chi connectivity index (χ0n) is 17.6. The topological polar surface area (TPSA) is 79.1 Å². The van der Waals surface area contributed by atoms with E-state index in [4.69, 9.17) is 9.97 Å². The summed E-state index contributed by atoms with van der Waals surface area (Å²) in [5.41, 5.74) is 1.66. The molecule has 0 bridgehead atoms. The van der Waals surface area contributed by atoms with Crippen molar-refractivity contribution < 1.29 is 5.11 Å². The molecule has 1 aliphatic rings. The SMILES string of the molecule is CC[C@H](CO)Nc1nc(N(C)CC2(C)C=CC=CC2)c2ncn(C(C)C)c2n1. The highest BCUT2D eigenvalue weighted by Crippen LogP contribution is 2.32. The summed E-state index contributed by atoms with van der Waals surface area (Å²) in [6.07, 6.45) is 12.3. The van der Waals surface area contributed by atoms with Gasteiger partial charge in [-0.25, -0.2) is 4.98 Å². The number of aliphatic hydroxyl groups excluding tert-OH is 1. The van der Waals surface area contributed by atoms with E-state index >= 15 is 0 Å². The maximum absolute atomic E-state index is 9.57. The summed E-state index contributed by atoms with van der Waals surface area (Å²) in [6.45, 7) is 9.38. The Morgan fingerprint density at radius 1 is 1.32 bits per heavy atom. The molecule has 1 aliphatic carbocycles. The average Bonchev–Trinajstić information content (AvgIpc) is 3.09. The third-order valence-corrected chi connectivity index (χ3v) is 5.30. The second-order valence-corrected chi connectivity index (χ2v) is 8.22. The van der Waals surface area contributed by atoms with Crippen molar-refractivity contribution in [2.45, 2.75) is 52.6 Å². The molecule has 0 saturated heterocycles. The molecule has 0 saturated carbocycles. The van der Waals surface area contributed by atoms with Crippen molar-refractivity contribution in [1.82, 2.24) is 19.5 Å². The molecule has 0 fully saturated rings. The minimum Gasteiger partial charge on any atom is -0.394 e. The lowest BCUT2D eigenvalue weighted by Gasteiger charge is -2.32. The fourth-order valence-corrected chi connectivity index (χ4v) is 3.58. The molecule has 2 heterocycles. The van der Waals surface area contributed by atoms with Crippen LogP contribution >= 0.6 is 0 Å². The summed E-state index contributed by atoms with van der Waals surface area (Å²) in [7, 11) is 2.06. The van der Waals surface area contributed by atoms with Gasteiger partial charge in [-0.2, -0.15) is 9.97 Å². The van der Waals surface area contributed by atoms with Gasteiger partial charge in [0.25, 0.3) is 0 Å². The monoisotopic (exact) mass is 384 g/mol. The van der Waals surface area contributed by atoms with Gasteiger partial charge >= 0.3 is 0 Å². The quantitative estimate of drug-likeness (QED) is 0.725. The molecule has 7 heteroatoms. The maximum Gasteiger partial charge on any atom is 0.227 e. The Morgan fingerprint density at radius 3 is 2.71 bits per heavy atom. The van der Waals surface area contributed by atoms with E-state index in [1.807, 2.05) is 13.3 Å². The Kier molecular flexibility index (Phi) is 6.03. The van der Waals surface area contributed by atoms with Crippen LogP contribution in [0.15, 0.2) is 30.6 Å². The van der Waals surface area contributed by atoms with E-state index in [0.29, 0.717) is 5.95 Å². The summed E-state index contributed by atoms with van der Waals surface area (Å²) in [4.78, 5) is 16.3. The second kappa shape index (κ2) is 8.31. The van der Waals surface area contributed by atoms with Gasteiger partial charge in [0.1, 0.15) is 0 Å². The normalized spacial score (nSPS) is 20.1. The van der Waals surface area contributed by atoms with Crippen LogP contribution in [0.3, 0.4) is 0 Å². The van der Waals surface area contributed by atoms with E-state index in [-0.39, 0.29) is 24.1 Å². The summed E-state index contributed by atoms with van der Waals surface area (Å²) in [6, 6.07) is 0.171. The van der Waals surface area contributed by atoms with Crippen LogP contribution in [-0.4, -0.2) is 50.9 Å². The van der Waals surface area contributed by atoms with Crippen LogP contribution < -0.4 is 10.2 Å². The van der Waals surface area contributed by atoms with Gasteiger partial charge in [-0.05, 0) is 26.7 Å². The lowest BCUT2D eigenvalue weighted by Crippen LogP contribution is -2.33. The molecule has 2 N–H and O–H groups in total. The molecular weight excluding hydrogens is 352 g/mol. The van der Waals surface area contributed by atoms with Gasteiger partial charge in [0.05, 0.1) is 19.0 Å². The first-order valence-corrected chi connectivity index (χ1v) is 10.0. The van der Waals surface area contributed by atoms with E-state index < -0.39 is 0 Å². The summed E-state index contributed by atoms with van der Waals surface area (Å²) < 4.78 is 2.06. The zero-order valence-corrected chi connectivity index (χ0v) is 17.6. The number of hydrogen-bond acceptors (Lipinski definition) is 6. The largest absolute Gasteiger partial charge is 0.394 e. The van der Waals surface area contributed by atoms with Gasteiger partial charge in [0, 0.05) is 25.0 Å². The predicted molar refractivity (Wildman–Crippen MR) is 115 cm³/mol. The fourth-order valence-electron chi connectivity index (χ4n) is 3.58. The molecule has 0 aromatic carbocycles. The lowest BCUT2D eigenvalue weighted by molar-refractivity contribution is 0.271. The van der Waals surface area contributed by atoms with E-state index in [2.05, 4.69) is 71.9 Å². The Hall–Kier alpha value is -2.41. The Balaban J connectivity index is 2.01. The first-order chi connectivity index (χ1) is 13.4. The molecule has 2 aromatic rings. The molecule has 7 nitrogen and oxygen atoms in total. The van der Waals surface area contributed by atoms with Crippen molar-refractivity contribution in [2.75, 3.05) is 30.4 Å². The predicted octanol–water partition coefficient (Wildman–Crippen LogP) is 3.55. The number of fused-ring (bicyclic) bond motifs is 1. The highest BCUT2D eigenvalue weighted by atomic mass is 16.3. The number of allylic oxidation sites excluding steroid dienone is 3. The molecule has 152 valence electrons. The number of hydrogen-bond donors (Lipinski definition) is 2. The second-order valence-electron chi connectivity index (χ2n) is 8.22. The molecular formula is C21H32N6O. The zero-order chi connectivity index (χ0) is 20.3. The molecule has 0 aliphatic heterocycles. The van der Waals surface area contributed by atoms with E-state index in [0.717, 1.165) is 36.4 Å². The van der Waals surface area contributed by atoms with Crippen molar-refractivity contribution in [2.24, 2.45) is 5.41 Å². The minimum atomic E-state index is -0.0741. The molecule has 2 aromatic heterocycles. The van der Waals surface area contributed by atoms with Gasteiger partial charge in [0.2, 0.25) is 5.95 Å². The van der Waals surface area contributed by atoms with Crippen LogP contribution in [-0.2, 0) is 0 Å². The molecule has 28 heavy (non-hydrogen) atoms. The molecule has 0 radical (unpaired) electrons. The van der Waals surface area contributed by atoms with Crippen molar-refractivity contribution in [1.29, 1.82) is 0 Å². The van der Waals surface area contributed by atoms with Gasteiger partial charge in [-0.1, -0.05) is 38.2 Å². The Bertz CT molecular complexity index is 867. The van der Waals surface area contributed by atoms with E-state index in [1.165, 1.54) is 0 Å². The Morgan fingerprint density at radius 2 is 2.11 bits per heavy atom. The van der Waals surface area contributed by atoms with Crippen LogP contribution in [0.25, 0.3) is 11.2 Å². The summed E-state index contributed by atoms with van der Waals surface area (Å²) in [5.74, 6) is 1.34. The van der Waals surface area contributed by atoms with Crippen molar-refractivity contribution in [3.63, 3.8) is 0 Å². The van der Waals surface area contributed by atoms with Gasteiger partial charge in [0.15, 0.2) is 17.0 Å². The molecule has 3 rings (SSSR count).